The van der Waals surface area contributed by atoms with E-state index in [1.54, 1.807) is 6.07 Å². The molecule has 1 saturated heterocycles. The third-order valence-corrected chi connectivity index (χ3v) is 2.59. The Hall–Kier alpha value is -1.86. The van der Waals surface area contributed by atoms with Crippen LogP contribution in [0.15, 0.2) is 18.2 Å². The van der Waals surface area contributed by atoms with Gasteiger partial charge in [0.2, 0.25) is 5.91 Å². The molecule has 80 valence electrons. The van der Waals surface area contributed by atoms with E-state index in [-0.39, 0.29) is 24.7 Å². The minimum absolute atomic E-state index is 0.0217. The van der Waals surface area contributed by atoms with Crippen molar-refractivity contribution in [2.45, 2.75) is 6.42 Å². The zero-order valence-corrected chi connectivity index (χ0v) is 8.99. The van der Waals surface area contributed by atoms with Crippen LogP contribution in [0.3, 0.4) is 0 Å². The second-order valence-electron chi connectivity index (χ2n) is 3.47. The van der Waals surface area contributed by atoms with Crippen LogP contribution in [0.4, 0.5) is 5.69 Å². The van der Waals surface area contributed by atoms with E-state index >= 15 is 0 Å². The number of hydrogen-bond donors (Lipinski definition) is 0. The molecular formula is C11H7ClN2O2. The first kappa shape index (κ1) is 10.7. The van der Waals surface area contributed by atoms with Gasteiger partial charge in [0.25, 0.3) is 0 Å². The van der Waals surface area contributed by atoms with Gasteiger partial charge in [-0.2, -0.15) is 5.26 Å². The summed E-state index contributed by atoms with van der Waals surface area (Å²) < 4.78 is 0. The Balaban J connectivity index is 2.48. The number of Topliss-reactive ketones (excluding diaryl/α,β-unsaturated/α-hetero) is 1. The Morgan fingerprint density at radius 1 is 1.38 bits per heavy atom. The first-order valence-corrected chi connectivity index (χ1v) is 5.01. The highest BCUT2D eigenvalue weighted by atomic mass is 35.5. The van der Waals surface area contributed by atoms with E-state index < -0.39 is 0 Å². The van der Waals surface area contributed by atoms with Crippen molar-refractivity contribution in [3.63, 3.8) is 0 Å². The molecule has 1 aromatic carbocycles. The lowest BCUT2D eigenvalue weighted by molar-refractivity contribution is -0.121. The molecule has 0 aliphatic carbocycles. The van der Waals surface area contributed by atoms with Gasteiger partial charge < -0.3 is 4.90 Å². The van der Waals surface area contributed by atoms with Crippen LogP contribution in [-0.2, 0) is 9.59 Å². The molecule has 1 heterocycles. The van der Waals surface area contributed by atoms with Crippen molar-refractivity contribution in [1.29, 1.82) is 5.26 Å². The number of anilines is 1. The molecule has 0 spiro atoms. The largest absolute Gasteiger partial charge is 0.303 e. The Bertz CT molecular complexity index is 519. The summed E-state index contributed by atoms with van der Waals surface area (Å²) in [4.78, 5) is 24.0. The highest BCUT2D eigenvalue weighted by Crippen LogP contribution is 2.27. The molecule has 1 aliphatic heterocycles. The minimum Gasteiger partial charge on any atom is -0.303 e. The van der Waals surface area contributed by atoms with E-state index in [1.807, 2.05) is 6.07 Å². The van der Waals surface area contributed by atoms with Gasteiger partial charge in [-0.1, -0.05) is 11.6 Å². The predicted molar refractivity (Wildman–Crippen MR) is 58.1 cm³/mol. The average molecular weight is 235 g/mol. The maximum atomic E-state index is 11.5. The summed E-state index contributed by atoms with van der Waals surface area (Å²) in [5.41, 5.74) is 0.748. The fraction of sp³-hybridized carbons (Fsp3) is 0.182. The predicted octanol–water partition coefficient (Wildman–Crippen LogP) is 1.52. The van der Waals surface area contributed by atoms with Crippen LogP contribution in [0.1, 0.15) is 12.0 Å². The van der Waals surface area contributed by atoms with Crippen molar-refractivity contribution in [3.05, 3.63) is 28.8 Å². The lowest BCUT2D eigenvalue weighted by atomic mass is 10.2. The summed E-state index contributed by atoms with van der Waals surface area (Å²) in [6.07, 6.45) is -0.0998. The zero-order chi connectivity index (χ0) is 11.7. The molecule has 16 heavy (non-hydrogen) atoms. The summed E-state index contributed by atoms with van der Waals surface area (Å²) in [7, 11) is 0. The topological polar surface area (TPSA) is 61.2 Å². The molecule has 0 atom stereocenters. The standard InChI is InChI=1S/C11H7ClN2O2/c12-8-2-1-7(5-13)10(3-8)14-6-9(15)4-11(14)16/h1-3H,4,6H2. The number of rotatable bonds is 1. The molecular weight excluding hydrogens is 228 g/mol. The average Bonchev–Trinajstić information content (AvgIpc) is 2.57. The fourth-order valence-electron chi connectivity index (χ4n) is 1.63. The molecule has 2 rings (SSSR count). The molecule has 0 aromatic heterocycles. The van der Waals surface area contributed by atoms with E-state index in [0.29, 0.717) is 16.3 Å². The molecule has 1 aliphatic rings. The minimum atomic E-state index is -0.288. The Morgan fingerprint density at radius 3 is 2.69 bits per heavy atom. The number of hydrogen-bond acceptors (Lipinski definition) is 3. The van der Waals surface area contributed by atoms with Crippen LogP contribution >= 0.6 is 11.6 Å². The van der Waals surface area contributed by atoms with Gasteiger partial charge in [0, 0.05) is 5.02 Å². The van der Waals surface area contributed by atoms with Gasteiger partial charge >= 0.3 is 0 Å². The van der Waals surface area contributed by atoms with E-state index in [2.05, 4.69) is 0 Å². The molecule has 5 heteroatoms. The summed E-state index contributed by atoms with van der Waals surface area (Å²) in [6.45, 7) is 0.0217. The monoisotopic (exact) mass is 234 g/mol. The Kier molecular flexibility index (Phi) is 2.63. The van der Waals surface area contributed by atoms with Crippen LogP contribution in [0.2, 0.25) is 5.02 Å². The third kappa shape index (κ3) is 1.77. The fourth-order valence-corrected chi connectivity index (χ4v) is 1.79. The van der Waals surface area contributed by atoms with E-state index in [9.17, 15) is 9.59 Å². The number of carbonyl (C=O) groups excluding carboxylic acids is 2. The smallest absolute Gasteiger partial charge is 0.234 e. The van der Waals surface area contributed by atoms with Gasteiger partial charge in [-0.15, -0.1) is 0 Å². The highest BCUT2D eigenvalue weighted by molar-refractivity contribution is 6.31. The lowest BCUT2D eigenvalue weighted by Crippen LogP contribution is -2.25. The summed E-state index contributed by atoms with van der Waals surface area (Å²) in [6, 6.07) is 6.61. The highest BCUT2D eigenvalue weighted by Gasteiger charge is 2.30. The number of benzene rings is 1. The first-order chi connectivity index (χ1) is 7.61. The molecule has 0 N–H and O–H groups in total. The maximum absolute atomic E-state index is 11.5. The summed E-state index contributed by atoms with van der Waals surface area (Å²) in [5, 5.41) is 9.34. The van der Waals surface area contributed by atoms with Gasteiger partial charge in [-0.25, -0.2) is 0 Å². The number of nitrogens with zero attached hydrogens (tertiary/aromatic N) is 2. The first-order valence-electron chi connectivity index (χ1n) is 4.63. The normalized spacial score (nSPS) is 15.4. The number of ketones is 1. The molecule has 0 radical (unpaired) electrons. The Morgan fingerprint density at radius 2 is 2.12 bits per heavy atom. The quantitative estimate of drug-likeness (QED) is 0.692. The molecule has 0 bridgehead atoms. The number of halogens is 1. The van der Waals surface area contributed by atoms with E-state index in [0.717, 1.165) is 0 Å². The summed E-state index contributed by atoms with van der Waals surface area (Å²) in [5.74, 6) is -0.433. The van der Waals surface area contributed by atoms with Crippen molar-refractivity contribution in [3.8, 4) is 6.07 Å². The van der Waals surface area contributed by atoms with Gasteiger partial charge in [-0.05, 0) is 18.2 Å². The second kappa shape index (κ2) is 3.95. The van der Waals surface area contributed by atoms with Crippen molar-refractivity contribution in [2.75, 3.05) is 11.4 Å². The van der Waals surface area contributed by atoms with Crippen LogP contribution in [0, 0.1) is 11.3 Å². The van der Waals surface area contributed by atoms with Gasteiger partial charge in [0.05, 0.1) is 24.2 Å². The summed E-state index contributed by atoms with van der Waals surface area (Å²) >= 11 is 5.80. The van der Waals surface area contributed by atoms with Crippen molar-refractivity contribution in [2.24, 2.45) is 0 Å². The molecule has 1 amide bonds. The Labute approximate surface area is 97.0 Å². The number of nitriles is 1. The molecule has 1 fully saturated rings. The lowest BCUT2D eigenvalue weighted by Gasteiger charge is -2.16. The van der Waals surface area contributed by atoms with Crippen LogP contribution in [-0.4, -0.2) is 18.2 Å². The van der Waals surface area contributed by atoms with Crippen molar-refractivity contribution < 1.29 is 9.59 Å². The van der Waals surface area contributed by atoms with Crippen LogP contribution in [0.25, 0.3) is 0 Å². The SMILES string of the molecule is N#Cc1ccc(Cl)cc1N1CC(=O)CC1=O. The van der Waals surface area contributed by atoms with Crippen LogP contribution in [0.5, 0.6) is 0 Å². The second-order valence-corrected chi connectivity index (χ2v) is 3.91. The molecule has 1 aromatic rings. The number of amides is 1. The molecule has 4 nitrogen and oxygen atoms in total. The van der Waals surface area contributed by atoms with Gasteiger partial charge in [-0.3, -0.25) is 9.59 Å². The van der Waals surface area contributed by atoms with E-state index in [1.165, 1.54) is 17.0 Å². The van der Waals surface area contributed by atoms with Gasteiger partial charge in [0.1, 0.15) is 6.07 Å². The molecule has 0 unspecified atom stereocenters. The number of carbonyl (C=O) groups is 2. The third-order valence-electron chi connectivity index (χ3n) is 2.35. The van der Waals surface area contributed by atoms with E-state index in [4.69, 9.17) is 16.9 Å². The zero-order valence-electron chi connectivity index (χ0n) is 8.24. The van der Waals surface area contributed by atoms with Crippen molar-refractivity contribution in [1.82, 2.24) is 0 Å². The van der Waals surface area contributed by atoms with Crippen molar-refractivity contribution >= 4 is 29.0 Å². The molecule has 0 saturated carbocycles. The van der Waals surface area contributed by atoms with Crippen LogP contribution < -0.4 is 4.90 Å². The maximum Gasteiger partial charge on any atom is 0.234 e. The van der Waals surface area contributed by atoms with Gasteiger partial charge in [0.15, 0.2) is 5.78 Å².